The second-order valence-corrected chi connectivity index (χ2v) is 7.16. The van der Waals surface area contributed by atoms with Gasteiger partial charge in [0.2, 0.25) is 34.8 Å². The molecule has 0 amide bonds. The fourth-order valence-electron chi connectivity index (χ4n) is 2.48. The topological polar surface area (TPSA) is 90.9 Å². The van der Waals surface area contributed by atoms with Gasteiger partial charge in [0, 0.05) is 0 Å². The SMILES string of the molecule is C=CCOCCOCCOCCOCCOCCOCCOCCC(=O)Oc1c(F)c(F)c(F)c(F)c1F. The van der Waals surface area contributed by atoms with E-state index in [9.17, 15) is 26.7 Å². The molecule has 0 aromatic heterocycles. The number of halogens is 5. The number of esters is 1. The van der Waals surface area contributed by atoms with Gasteiger partial charge in [-0.15, -0.1) is 6.58 Å². The Balaban J connectivity index is 1.88. The number of carbonyl (C=O) groups is 1. The van der Waals surface area contributed by atoms with Crippen LogP contribution in [0.2, 0.25) is 0 Å². The molecular formula is C24H33F5O9. The largest absolute Gasteiger partial charge is 0.420 e. The zero-order valence-corrected chi connectivity index (χ0v) is 21.0. The summed E-state index contributed by atoms with van der Waals surface area (Å²) in [5.74, 6) is -14.1. The van der Waals surface area contributed by atoms with Crippen LogP contribution in [0, 0.1) is 29.1 Å². The summed E-state index contributed by atoms with van der Waals surface area (Å²) in [4.78, 5) is 11.6. The Morgan fingerprint density at radius 1 is 0.526 bits per heavy atom. The molecule has 1 aromatic carbocycles. The summed E-state index contributed by atoms with van der Waals surface area (Å²) < 4.78 is 107. The quantitative estimate of drug-likeness (QED) is 0.0360. The van der Waals surface area contributed by atoms with Gasteiger partial charge in [-0.3, -0.25) is 4.79 Å². The van der Waals surface area contributed by atoms with Crippen molar-refractivity contribution in [2.24, 2.45) is 0 Å². The molecule has 0 aliphatic carbocycles. The van der Waals surface area contributed by atoms with E-state index in [0.717, 1.165) is 0 Å². The Kier molecular flexibility index (Phi) is 19.3. The Labute approximate surface area is 217 Å². The Bertz CT molecular complexity index is 785. The van der Waals surface area contributed by atoms with E-state index in [1.807, 2.05) is 0 Å². The summed E-state index contributed by atoms with van der Waals surface area (Å²) in [6.07, 6.45) is 1.19. The van der Waals surface area contributed by atoms with Crippen molar-refractivity contribution in [3.05, 3.63) is 41.7 Å². The molecule has 14 heteroatoms. The maximum Gasteiger partial charge on any atom is 0.313 e. The molecule has 0 saturated heterocycles. The van der Waals surface area contributed by atoms with Crippen molar-refractivity contribution in [3.8, 4) is 5.75 Å². The number of hydrogen-bond donors (Lipinski definition) is 0. The van der Waals surface area contributed by atoms with Crippen LogP contribution >= 0.6 is 0 Å². The van der Waals surface area contributed by atoms with Crippen LogP contribution < -0.4 is 4.74 Å². The molecule has 9 nitrogen and oxygen atoms in total. The predicted octanol–water partition coefficient (Wildman–Crippen LogP) is 2.98. The smallest absolute Gasteiger partial charge is 0.313 e. The third-order valence-corrected chi connectivity index (χ3v) is 4.30. The van der Waals surface area contributed by atoms with Crippen molar-refractivity contribution in [2.45, 2.75) is 6.42 Å². The van der Waals surface area contributed by atoms with Crippen molar-refractivity contribution in [3.63, 3.8) is 0 Å². The molecule has 0 saturated carbocycles. The van der Waals surface area contributed by atoms with E-state index in [1.165, 1.54) is 0 Å². The van der Waals surface area contributed by atoms with Gasteiger partial charge in [-0.05, 0) is 0 Å². The van der Waals surface area contributed by atoms with Crippen LogP contribution in [0.25, 0.3) is 0 Å². The highest BCUT2D eigenvalue weighted by atomic mass is 19.2. The molecule has 218 valence electrons. The number of benzene rings is 1. The molecule has 1 rings (SSSR count). The molecule has 0 aliphatic heterocycles. The number of rotatable bonds is 24. The van der Waals surface area contributed by atoms with Gasteiger partial charge in [0.25, 0.3) is 0 Å². The van der Waals surface area contributed by atoms with Crippen LogP contribution in [0.5, 0.6) is 5.75 Å². The number of hydrogen-bond acceptors (Lipinski definition) is 9. The second-order valence-electron chi connectivity index (χ2n) is 7.16. The normalized spacial score (nSPS) is 11.2. The van der Waals surface area contributed by atoms with Gasteiger partial charge >= 0.3 is 5.97 Å². The van der Waals surface area contributed by atoms with Crippen LogP contribution in [-0.4, -0.2) is 98.5 Å². The number of ether oxygens (including phenoxy) is 8. The minimum absolute atomic E-state index is 0.0903. The maximum atomic E-state index is 13.5. The minimum atomic E-state index is -2.34. The molecule has 0 aliphatic rings. The fraction of sp³-hybridized carbons (Fsp3) is 0.625. The standard InChI is InChI=1S/C24H33F5O9/c1-2-4-31-6-8-33-10-12-35-14-16-37-17-15-36-13-11-34-9-7-32-5-3-18(30)38-24-22(28)20(26)19(25)21(27)23(24)29/h2H,1,3-17H2. The van der Waals surface area contributed by atoms with E-state index in [4.69, 9.17) is 33.2 Å². The molecule has 0 N–H and O–H groups in total. The van der Waals surface area contributed by atoms with Crippen LogP contribution in [-0.2, 0) is 38.0 Å². The lowest BCUT2D eigenvalue weighted by Crippen LogP contribution is -2.16. The van der Waals surface area contributed by atoms with Gasteiger partial charge in [-0.1, -0.05) is 6.08 Å². The first-order chi connectivity index (χ1) is 18.4. The molecular weight excluding hydrogens is 527 g/mol. The average Bonchev–Trinajstić information content (AvgIpc) is 2.91. The minimum Gasteiger partial charge on any atom is -0.420 e. The molecule has 0 bridgehead atoms. The first-order valence-electron chi connectivity index (χ1n) is 11.8. The van der Waals surface area contributed by atoms with E-state index in [-0.39, 0.29) is 26.4 Å². The first kappa shape index (κ1) is 33.8. The Morgan fingerprint density at radius 2 is 0.842 bits per heavy atom. The second kappa shape index (κ2) is 21.7. The summed E-state index contributed by atoms with van der Waals surface area (Å²) in [5.41, 5.74) is 0. The van der Waals surface area contributed by atoms with Crippen molar-refractivity contribution in [2.75, 3.05) is 92.5 Å². The van der Waals surface area contributed by atoms with Crippen molar-refractivity contribution >= 4 is 5.97 Å². The van der Waals surface area contributed by atoms with Crippen LogP contribution in [0.15, 0.2) is 12.7 Å². The lowest BCUT2D eigenvalue weighted by molar-refractivity contribution is -0.136. The van der Waals surface area contributed by atoms with Gasteiger partial charge in [-0.25, -0.2) is 13.2 Å². The Morgan fingerprint density at radius 3 is 1.21 bits per heavy atom. The zero-order chi connectivity index (χ0) is 28.0. The summed E-state index contributed by atoms with van der Waals surface area (Å²) >= 11 is 0. The highest BCUT2D eigenvalue weighted by Gasteiger charge is 2.28. The molecule has 0 fully saturated rings. The lowest BCUT2D eigenvalue weighted by atomic mass is 10.2. The molecule has 38 heavy (non-hydrogen) atoms. The predicted molar refractivity (Wildman–Crippen MR) is 122 cm³/mol. The fourth-order valence-corrected chi connectivity index (χ4v) is 2.48. The van der Waals surface area contributed by atoms with E-state index in [1.54, 1.807) is 6.08 Å². The third-order valence-electron chi connectivity index (χ3n) is 4.30. The van der Waals surface area contributed by atoms with Crippen molar-refractivity contribution < 1.29 is 64.6 Å². The van der Waals surface area contributed by atoms with Gasteiger partial charge in [0.1, 0.15) is 0 Å². The van der Waals surface area contributed by atoms with E-state index in [2.05, 4.69) is 11.3 Å². The van der Waals surface area contributed by atoms with Crippen molar-refractivity contribution in [1.82, 2.24) is 0 Å². The highest BCUT2D eigenvalue weighted by Crippen LogP contribution is 2.29. The average molecular weight is 561 g/mol. The summed E-state index contributed by atoms with van der Waals surface area (Å²) in [7, 11) is 0. The van der Waals surface area contributed by atoms with E-state index in [0.29, 0.717) is 66.1 Å². The molecule has 0 spiro atoms. The highest BCUT2D eigenvalue weighted by molar-refractivity contribution is 5.72. The van der Waals surface area contributed by atoms with Crippen LogP contribution in [0.4, 0.5) is 22.0 Å². The van der Waals surface area contributed by atoms with Gasteiger partial charge < -0.3 is 37.9 Å². The van der Waals surface area contributed by atoms with Gasteiger partial charge in [-0.2, -0.15) is 8.78 Å². The molecule has 0 radical (unpaired) electrons. The van der Waals surface area contributed by atoms with Crippen LogP contribution in [0.1, 0.15) is 6.42 Å². The van der Waals surface area contributed by atoms with E-state index < -0.39 is 47.2 Å². The zero-order valence-electron chi connectivity index (χ0n) is 21.0. The number of carbonyl (C=O) groups excluding carboxylic acids is 1. The lowest BCUT2D eigenvalue weighted by Gasteiger charge is -2.09. The Hall–Kier alpha value is -2.20. The summed E-state index contributed by atoms with van der Waals surface area (Å²) in [6.45, 7) is 8.28. The first-order valence-corrected chi connectivity index (χ1v) is 11.8. The van der Waals surface area contributed by atoms with Gasteiger partial charge in [0.05, 0.1) is 98.9 Å². The molecule has 1 aromatic rings. The molecule has 0 atom stereocenters. The molecule has 0 heterocycles. The third kappa shape index (κ3) is 14.7. The van der Waals surface area contributed by atoms with E-state index >= 15 is 0 Å². The maximum absolute atomic E-state index is 13.5. The monoisotopic (exact) mass is 560 g/mol. The molecule has 0 unspecified atom stereocenters. The summed E-state index contributed by atoms with van der Waals surface area (Å²) in [5, 5.41) is 0. The van der Waals surface area contributed by atoms with Crippen molar-refractivity contribution in [1.29, 1.82) is 0 Å². The summed E-state index contributed by atoms with van der Waals surface area (Å²) in [6, 6.07) is 0. The van der Waals surface area contributed by atoms with Gasteiger partial charge in [0.15, 0.2) is 0 Å². The van der Waals surface area contributed by atoms with Crippen LogP contribution in [0.3, 0.4) is 0 Å².